The van der Waals surface area contributed by atoms with E-state index in [4.69, 9.17) is 0 Å². The van der Waals surface area contributed by atoms with Crippen molar-refractivity contribution in [3.63, 3.8) is 0 Å². The van der Waals surface area contributed by atoms with Gasteiger partial charge in [0.25, 0.3) is 0 Å². The second kappa shape index (κ2) is 6.12. The summed E-state index contributed by atoms with van der Waals surface area (Å²) in [6, 6.07) is 8.34. The SMILES string of the molecule is C1#Cc2ccccc2CNC2=C1CCC=C2.CC. The Bertz CT molecular complexity index is 538. The van der Waals surface area contributed by atoms with E-state index in [9.17, 15) is 0 Å². The van der Waals surface area contributed by atoms with Gasteiger partial charge in [-0.1, -0.05) is 50.0 Å². The third-order valence-corrected chi connectivity index (χ3v) is 3.01. The highest BCUT2D eigenvalue weighted by Gasteiger charge is 2.09. The van der Waals surface area contributed by atoms with E-state index in [1.807, 2.05) is 19.9 Å². The van der Waals surface area contributed by atoms with Crippen LogP contribution in [0.2, 0.25) is 0 Å². The molecule has 92 valence electrons. The minimum Gasteiger partial charge on any atom is -0.380 e. The van der Waals surface area contributed by atoms with Gasteiger partial charge in [0.2, 0.25) is 0 Å². The molecule has 1 heterocycles. The van der Waals surface area contributed by atoms with E-state index in [1.165, 1.54) is 16.8 Å². The zero-order chi connectivity index (χ0) is 12.8. The van der Waals surface area contributed by atoms with Crippen LogP contribution >= 0.6 is 0 Å². The molecule has 1 nitrogen and oxygen atoms in total. The van der Waals surface area contributed by atoms with Crippen LogP contribution in [-0.2, 0) is 6.54 Å². The molecule has 1 N–H and O–H groups in total. The molecule has 0 bridgehead atoms. The summed E-state index contributed by atoms with van der Waals surface area (Å²) in [5.74, 6) is 6.58. The third-order valence-electron chi connectivity index (χ3n) is 3.01. The van der Waals surface area contributed by atoms with Crippen molar-refractivity contribution in [2.45, 2.75) is 33.2 Å². The molecular weight excluding hydrogens is 218 g/mol. The number of allylic oxidation sites excluding steroid dienone is 3. The normalized spacial score (nSPS) is 15.7. The lowest BCUT2D eigenvalue weighted by Crippen LogP contribution is -2.16. The minimum atomic E-state index is 0.869. The van der Waals surface area contributed by atoms with E-state index in [1.54, 1.807) is 0 Å². The molecule has 3 rings (SSSR count). The standard InChI is InChI=1S/C15H13N.C2H6/c1-2-7-14-11-16-15-8-4-3-6-13(15)10-9-12(14)5-1;1-2/h1-2,4-5,7-8,16H,3,6,11H2;1-2H3. The van der Waals surface area contributed by atoms with Gasteiger partial charge in [-0.3, -0.25) is 0 Å². The molecule has 1 aliphatic carbocycles. The topological polar surface area (TPSA) is 12.0 Å². The summed E-state index contributed by atoms with van der Waals surface area (Å²) in [6.45, 7) is 4.87. The number of benzene rings is 1. The molecule has 0 fully saturated rings. The van der Waals surface area contributed by atoms with Gasteiger partial charge < -0.3 is 5.32 Å². The Morgan fingerprint density at radius 1 is 1.11 bits per heavy atom. The summed E-state index contributed by atoms with van der Waals surface area (Å²) in [5.41, 5.74) is 4.88. The first-order chi connectivity index (χ1) is 8.93. The van der Waals surface area contributed by atoms with Crippen molar-refractivity contribution in [2.24, 2.45) is 0 Å². The van der Waals surface area contributed by atoms with E-state index in [2.05, 4.69) is 47.5 Å². The van der Waals surface area contributed by atoms with E-state index < -0.39 is 0 Å². The Morgan fingerprint density at radius 3 is 2.83 bits per heavy atom. The van der Waals surface area contributed by atoms with Gasteiger partial charge in [-0.2, -0.15) is 0 Å². The Balaban J connectivity index is 0.000000574. The fourth-order valence-electron chi connectivity index (χ4n) is 2.09. The Kier molecular flexibility index (Phi) is 4.25. The molecule has 0 atom stereocenters. The summed E-state index contributed by atoms with van der Waals surface area (Å²) in [7, 11) is 0. The number of rotatable bonds is 0. The van der Waals surface area contributed by atoms with Gasteiger partial charge >= 0.3 is 0 Å². The van der Waals surface area contributed by atoms with Gasteiger partial charge in [-0.25, -0.2) is 0 Å². The van der Waals surface area contributed by atoms with Gasteiger partial charge in [-0.05, 0) is 30.5 Å². The molecule has 18 heavy (non-hydrogen) atoms. The average Bonchev–Trinajstić information content (AvgIpc) is 2.44. The van der Waals surface area contributed by atoms with Crippen LogP contribution in [0.1, 0.15) is 37.8 Å². The molecule has 0 saturated carbocycles. The molecule has 1 aromatic carbocycles. The minimum absolute atomic E-state index is 0.869. The zero-order valence-electron chi connectivity index (χ0n) is 11.1. The lowest BCUT2D eigenvalue weighted by atomic mass is 9.99. The average molecular weight is 237 g/mol. The van der Waals surface area contributed by atoms with Crippen molar-refractivity contribution >= 4 is 0 Å². The van der Waals surface area contributed by atoms with Crippen molar-refractivity contribution in [1.82, 2.24) is 5.32 Å². The lowest BCUT2D eigenvalue weighted by Gasteiger charge is -2.16. The fourth-order valence-corrected chi connectivity index (χ4v) is 2.09. The van der Waals surface area contributed by atoms with Crippen LogP contribution in [-0.4, -0.2) is 0 Å². The van der Waals surface area contributed by atoms with Crippen molar-refractivity contribution in [2.75, 3.05) is 0 Å². The predicted octanol–water partition coefficient (Wildman–Crippen LogP) is 3.77. The maximum atomic E-state index is 3.47. The van der Waals surface area contributed by atoms with E-state index >= 15 is 0 Å². The molecule has 0 aromatic heterocycles. The highest BCUT2D eigenvalue weighted by atomic mass is 14.9. The molecular formula is C17H19N. The van der Waals surface area contributed by atoms with Crippen LogP contribution in [0.25, 0.3) is 0 Å². The Morgan fingerprint density at radius 2 is 1.94 bits per heavy atom. The summed E-state index contributed by atoms with van der Waals surface area (Å²) in [4.78, 5) is 0. The molecule has 0 spiro atoms. The van der Waals surface area contributed by atoms with Crippen molar-refractivity contribution in [1.29, 1.82) is 0 Å². The summed E-state index contributed by atoms with van der Waals surface area (Å²) in [5, 5.41) is 3.47. The maximum Gasteiger partial charge on any atom is 0.0457 e. The second-order valence-corrected chi connectivity index (χ2v) is 4.09. The van der Waals surface area contributed by atoms with Gasteiger partial charge in [0, 0.05) is 23.4 Å². The number of fused-ring (bicyclic) bond motifs is 1. The van der Waals surface area contributed by atoms with E-state index in [-0.39, 0.29) is 0 Å². The van der Waals surface area contributed by atoms with Gasteiger partial charge in [-0.15, -0.1) is 0 Å². The predicted molar refractivity (Wildman–Crippen MR) is 76.9 cm³/mol. The largest absolute Gasteiger partial charge is 0.380 e. The third kappa shape index (κ3) is 2.65. The maximum absolute atomic E-state index is 3.47. The van der Waals surface area contributed by atoms with Crippen LogP contribution in [0, 0.1) is 11.8 Å². The molecule has 2 aliphatic rings. The van der Waals surface area contributed by atoms with Crippen LogP contribution in [0.3, 0.4) is 0 Å². The van der Waals surface area contributed by atoms with Gasteiger partial charge in [0.1, 0.15) is 0 Å². The van der Waals surface area contributed by atoms with Crippen molar-refractivity contribution in [3.8, 4) is 11.8 Å². The summed E-state index contributed by atoms with van der Waals surface area (Å²) in [6.07, 6.45) is 6.54. The fraction of sp³-hybridized carbons (Fsp3) is 0.294. The van der Waals surface area contributed by atoms with E-state index in [0.29, 0.717) is 0 Å². The molecule has 0 saturated heterocycles. The van der Waals surface area contributed by atoms with Crippen molar-refractivity contribution in [3.05, 3.63) is 58.8 Å². The highest BCUT2D eigenvalue weighted by Crippen LogP contribution is 2.19. The van der Waals surface area contributed by atoms with Crippen LogP contribution in [0.15, 0.2) is 47.7 Å². The highest BCUT2D eigenvalue weighted by molar-refractivity contribution is 5.50. The molecule has 0 amide bonds. The van der Waals surface area contributed by atoms with Crippen LogP contribution in [0.4, 0.5) is 0 Å². The van der Waals surface area contributed by atoms with Crippen molar-refractivity contribution < 1.29 is 0 Å². The number of nitrogens with one attached hydrogen (secondary N) is 1. The number of hydrogen-bond donors (Lipinski definition) is 1. The first-order valence-corrected chi connectivity index (χ1v) is 6.67. The zero-order valence-corrected chi connectivity index (χ0v) is 11.1. The van der Waals surface area contributed by atoms with Crippen LogP contribution in [0.5, 0.6) is 0 Å². The first kappa shape index (κ1) is 12.5. The lowest BCUT2D eigenvalue weighted by molar-refractivity contribution is 0.797. The molecule has 0 unspecified atom stereocenters. The van der Waals surface area contributed by atoms with Crippen LogP contribution < -0.4 is 5.32 Å². The summed E-state index contributed by atoms with van der Waals surface area (Å²) >= 11 is 0. The molecule has 1 heteroatoms. The van der Waals surface area contributed by atoms with Gasteiger partial charge in [0.15, 0.2) is 0 Å². The quantitative estimate of drug-likeness (QED) is 0.677. The monoisotopic (exact) mass is 237 g/mol. The van der Waals surface area contributed by atoms with Gasteiger partial charge in [0.05, 0.1) is 0 Å². The van der Waals surface area contributed by atoms with E-state index in [0.717, 1.165) is 24.9 Å². The molecule has 0 radical (unpaired) electrons. The second-order valence-electron chi connectivity index (χ2n) is 4.09. The Hall–Kier alpha value is -1.94. The molecule has 1 aliphatic heterocycles. The first-order valence-electron chi connectivity index (χ1n) is 6.67. The molecule has 1 aromatic rings. The smallest absolute Gasteiger partial charge is 0.0457 e. The Labute approximate surface area is 110 Å². The number of hydrogen-bond acceptors (Lipinski definition) is 1. The summed E-state index contributed by atoms with van der Waals surface area (Å²) < 4.78 is 0.